The normalized spacial score (nSPS) is 19.0. The van der Waals surface area contributed by atoms with E-state index in [1.54, 1.807) is 0 Å². The number of thioether (sulfide) groups is 1. The third-order valence-electron chi connectivity index (χ3n) is 3.93. The first-order valence-corrected chi connectivity index (χ1v) is 8.81. The molecule has 0 spiro atoms. The molecule has 2 atom stereocenters. The molecule has 0 bridgehead atoms. The molecule has 0 aromatic heterocycles. The van der Waals surface area contributed by atoms with Crippen LogP contribution in [-0.4, -0.2) is 11.8 Å². The minimum atomic E-state index is 0.408. The van der Waals surface area contributed by atoms with E-state index in [-0.39, 0.29) is 0 Å². The van der Waals surface area contributed by atoms with Gasteiger partial charge in [0, 0.05) is 22.0 Å². The van der Waals surface area contributed by atoms with Gasteiger partial charge in [-0.25, -0.2) is 0 Å². The fraction of sp³-hybridized carbons (Fsp3) is 0.333. The number of benzene rings is 2. The van der Waals surface area contributed by atoms with Gasteiger partial charge in [-0.1, -0.05) is 48.0 Å². The second kappa shape index (κ2) is 6.87. The molecule has 21 heavy (non-hydrogen) atoms. The van der Waals surface area contributed by atoms with Gasteiger partial charge in [0.2, 0.25) is 0 Å². The van der Waals surface area contributed by atoms with Crippen molar-refractivity contribution in [1.29, 1.82) is 0 Å². The molecule has 3 heteroatoms. The lowest BCUT2D eigenvalue weighted by atomic mass is 10.0. The summed E-state index contributed by atoms with van der Waals surface area (Å²) in [7, 11) is 0. The minimum absolute atomic E-state index is 0.408. The van der Waals surface area contributed by atoms with E-state index in [1.165, 1.54) is 28.2 Å². The summed E-state index contributed by atoms with van der Waals surface area (Å²) in [4.78, 5) is 1.42. The number of nitrogens with one attached hydrogen (secondary N) is 1. The van der Waals surface area contributed by atoms with Crippen molar-refractivity contribution in [3.63, 3.8) is 0 Å². The van der Waals surface area contributed by atoms with Gasteiger partial charge in [0.15, 0.2) is 0 Å². The molecule has 110 valence electrons. The van der Waals surface area contributed by atoms with Crippen LogP contribution < -0.4 is 5.32 Å². The van der Waals surface area contributed by atoms with Crippen LogP contribution in [0, 0.1) is 0 Å². The molecule has 1 nitrogen and oxygen atoms in total. The van der Waals surface area contributed by atoms with E-state index in [1.807, 2.05) is 23.9 Å². The van der Waals surface area contributed by atoms with Crippen molar-refractivity contribution in [3.05, 3.63) is 64.7 Å². The molecule has 1 heterocycles. The van der Waals surface area contributed by atoms with E-state index < -0.39 is 0 Å². The third kappa shape index (κ3) is 3.63. The predicted molar refractivity (Wildman–Crippen MR) is 92.3 cm³/mol. The van der Waals surface area contributed by atoms with Crippen LogP contribution in [0.4, 0.5) is 0 Å². The van der Waals surface area contributed by atoms with E-state index in [2.05, 4.69) is 48.6 Å². The van der Waals surface area contributed by atoms with Gasteiger partial charge in [-0.3, -0.25) is 0 Å². The van der Waals surface area contributed by atoms with Gasteiger partial charge in [-0.05, 0) is 48.8 Å². The highest BCUT2D eigenvalue weighted by Crippen LogP contribution is 2.36. The summed E-state index contributed by atoms with van der Waals surface area (Å²) in [5.74, 6) is 1.19. The maximum absolute atomic E-state index is 6.26. The summed E-state index contributed by atoms with van der Waals surface area (Å²) in [6, 6.07) is 17.7. The molecule has 0 radical (unpaired) electrons. The smallest absolute Gasteiger partial charge is 0.0438 e. The molecule has 0 saturated carbocycles. The number of hydrogen-bond donors (Lipinski definition) is 1. The Morgan fingerprint density at radius 3 is 2.81 bits per heavy atom. The zero-order valence-electron chi connectivity index (χ0n) is 12.2. The Morgan fingerprint density at radius 1 is 1.19 bits per heavy atom. The van der Waals surface area contributed by atoms with Gasteiger partial charge in [0.1, 0.15) is 0 Å². The van der Waals surface area contributed by atoms with Crippen LogP contribution in [0.1, 0.15) is 30.5 Å². The van der Waals surface area contributed by atoms with Crippen LogP contribution in [0.15, 0.2) is 53.4 Å². The standard InChI is InChI=1S/C18H20ClNS/c1-13(12-14-6-2-4-8-16(14)19)20-17-10-11-21-18-9-5-3-7-15(17)18/h2-9,13,17,20H,10-12H2,1H3. The van der Waals surface area contributed by atoms with Crippen molar-refractivity contribution in [3.8, 4) is 0 Å². The molecule has 0 aliphatic carbocycles. The molecule has 1 aliphatic heterocycles. The molecule has 1 aliphatic rings. The van der Waals surface area contributed by atoms with E-state index in [0.29, 0.717) is 12.1 Å². The topological polar surface area (TPSA) is 12.0 Å². The van der Waals surface area contributed by atoms with Crippen molar-refractivity contribution in [2.24, 2.45) is 0 Å². The highest BCUT2D eigenvalue weighted by molar-refractivity contribution is 7.99. The first-order chi connectivity index (χ1) is 10.2. The van der Waals surface area contributed by atoms with Crippen molar-refractivity contribution < 1.29 is 0 Å². The highest BCUT2D eigenvalue weighted by atomic mass is 35.5. The van der Waals surface area contributed by atoms with Crippen LogP contribution >= 0.6 is 23.4 Å². The van der Waals surface area contributed by atoms with E-state index >= 15 is 0 Å². The summed E-state index contributed by atoms with van der Waals surface area (Å²) in [5, 5.41) is 4.65. The second-order valence-electron chi connectivity index (χ2n) is 5.59. The Labute approximate surface area is 136 Å². The molecule has 0 saturated heterocycles. The van der Waals surface area contributed by atoms with Crippen LogP contribution in [0.25, 0.3) is 0 Å². The van der Waals surface area contributed by atoms with Crippen molar-refractivity contribution >= 4 is 23.4 Å². The number of hydrogen-bond acceptors (Lipinski definition) is 2. The Balaban J connectivity index is 1.69. The van der Waals surface area contributed by atoms with E-state index in [0.717, 1.165) is 11.4 Å². The Bertz CT molecular complexity index is 614. The SMILES string of the molecule is CC(Cc1ccccc1Cl)NC1CCSc2ccccc21. The van der Waals surface area contributed by atoms with Crippen molar-refractivity contribution in [2.75, 3.05) is 5.75 Å². The predicted octanol–water partition coefficient (Wildman–Crippen LogP) is 5.10. The van der Waals surface area contributed by atoms with Gasteiger partial charge in [-0.15, -0.1) is 11.8 Å². The zero-order valence-corrected chi connectivity index (χ0v) is 13.8. The summed E-state index contributed by atoms with van der Waals surface area (Å²) >= 11 is 8.23. The summed E-state index contributed by atoms with van der Waals surface area (Å²) in [5.41, 5.74) is 2.66. The molecule has 2 aromatic carbocycles. The molecule has 3 rings (SSSR count). The van der Waals surface area contributed by atoms with Gasteiger partial charge >= 0.3 is 0 Å². The largest absolute Gasteiger partial charge is 0.307 e. The molecule has 0 amide bonds. The summed E-state index contributed by atoms with van der Waals surface area (Å²) < 4.78 is 0. The van der Waals surface area contributed by atoms with Crippen LogP contribution in [-0.2, 0) is 6.42 Å². The molecular weight excluding hydrogens is 298 g/mol. The maximum atomic E-state index is 6.26. The lowest BCUT2D eigenvalue weighted by Crippen LogP contribution is -2.33. The van der Waals surface area contributed by atoms with Crippen LogP contribution in [0.3, 0.4) is 0 Å². The molecular formula is C18H20ClNS. The average Bonchev–Trinajstić information content (AvgIpc) is 2.50. The lowest BCUT2D eigenvalue weighted by Gasteiger charge is -2.29. The number of rotatable bonds is 4. The first-order valence-electron chi connectivity index (χ1n) is 7.45. The second-order valence-corrected chi connectivity index (χ2v) is 7.13. The number of halogens is 1. The van der Waals surface area contributed by atoms with Gasteiger partial charge in [0.05, 0.1) is 0 Å². The highest BCUT2D eigenvalue weighted by Gasteiger charge is 2.21. The average molecular weight is 318 g/mol. The summed E-state index contributed by atoms with van der Waals surface area (Å²) in [6.07, 6.45) is 2.15. The maximum Gasteiger partial charge on any atom is 0.0438 e. The Hall–Kier alpha value is -0.960. The molecule has 2 aromatic rings. The monoisotopic (exact) mass is 317 g/mol. The minimum Gasteiger partial charge on any atom is -0.307 e. The lowest BCUT2D eigenvalue weighted by molar-refractivity contribution is 0.438. The summed E-state index contributed by atoms with van der Waals surface area (Å²) in [6.45, 7) is 2.24. The third-order valence-corrected chi connectivity index (χ3v) is 5.42. The van der Waals surface area contributed by atoms with Crippen LogP contribution in [0.2, 0.25) is 5.02 Å². The van der Waals surface area contributed by atoms with Gasteiger partial charge in [0.25, 0.3) is 0 Å². The van der Waals surface area contributed by atoms with E-state index in [4.69, 9.17) is 11.6 Å². The van der Waals surface area contributed by atoms with Gasteiger partial charge in [-0.2, -0.15) is 0 Å². The molecule has 2 unspecified atom stereocenters. The Kier molecular flexibility index (Phi) is 4.89. The Morgan fingerprint density at radius 2 is 1.95 bits per heavy atom. The van der Waals surface area contributed by atoms with E-state index in [9.17, 15) is 0 Å². The quantitative estimate of drug-likeness (QED) is 0.842. The zero-order chi connectivity index (χ0) is 14.7. The fourth-order valence-corrected chi connectivity index (χ4v) is 4.25. The van der Waals surface area contributed by atoms with Crippen molar-refractivity contribution in [1.82, 2.24) is 5.32 Å². The number of fused-ring (bicyclic) bond motifs is 1. The van der Waals surface area contributed by atoms with Gasteiger partial charge < -0.3 is 5.32 Å². The fourth-order valence-electron chi connectivity index (χ4n) is 2.91. The molecule has 0 fully saturated rings. The first kappa shape index (κ1) is 15.0. The molecule has 1 N–H and O–H groups in total. The van der Waals surface area contributed by atoms with Crippen molar-refractivity contribution in [2.45, 2.75) is 36.7 Å². The van der Waals surface area contributed by atoms with Crippen LogP contribution in [0.5, 0.6) is 0 Å².